The molecule has 6 atom stereocenters. The largest absolute Gasteiger partial charge is 0.465 e. The Kier molecular flexibility index (Phi) is 5.52. The molecule has 0 unspecified atom stereocenters. The summed E-state index contributed by atoms with van der Waals surface area (Å²) in [6, 6.07) is 0. The van der Waals surface area contributed by atoms with Crippen molar-refractivity contribution in [2.24, 2.45) is 22.7 Å². The monoisotopic (exact) mass is 456 g/mol. The van der Waals surface area contributed by atoms with E-state index >= 15 is 0 Å². The Labute approximate surface area is 186 Å². The molecule has 8 heteroatoms. The van der Waals surface area contributed by atoms with Gasteiger partial charge < -0.3 is 28.8 Å². The van der Waals surface area contributed by atoms with Crippen molar-refractivity contribution in [2.45, 2.75) is 96.1 Å². The number of hydrogen-bond donors (Lipinski definition) is 2. The molecule has 4 rings (SSSR count). The normalized spacial score (nSPS) is 42.1. The van der Waals surface area contributed by atoms with E-state index in [2.05, 4.69) is 33.9 Å². The fraction of sp³-hybridized carbons (Fsp3) is 0.957. The van der Waals surface area contributed by atoms with E-state index in [0.717, 1.165) is 12.8 Å². The van der Waals surface area contributed by atoms with Crippen LogP contribution in [0.1, 0.15) is 53.9 Å². The summed E-state index contributed by atoms with van der Waals surface area (Å²) in [7, 11) is -2.15. The minimum absolute atomic E-state index is 0.0150. The number of cyclic esters (lactones) is 1. The standard InChI is InChI=1S/C23H40O7Si/c1-20(2,3)31(6,7)30-16-8-9-22(11-28-21(4,5)29-12-22)18-17(25)15(24)10-14-19(26)27-13-23(14,16)18/h14-18,24-25H,8-13H2,1-7H3/t14-,15+,16-,17+,18+,23+/m1/s1. The zero-order valence-electron chi connectivity index (χ0n) is 20.1. The third-order valence-electron chi connectivity index (χ3n) is 9.01. The first-order chi connectivity index (χ1) is 14.2. The Morgan fingerprint density at radius 1 is 1.10 bits per heavy atom. The van der Waals surface area contributed by atoms with Gasteiger partial charge in [0.15, 0.2) is 14.1 Å². The van der Waals surface area contributed by atoms with E-state index in [0.29, 0.717) is 13.2 Å². The van der Waals surface area contributed by atoms with E-state index in [1.54, 1.807) is 0 Å². The van der Waals surface area contributed by atoms with Crippen molar-refractivity contribution in [1.29, 1.82) is 0 Å². The first-order valence-electron chi connectivity index (χ1n) is 11.6. The predicted octanol–water partition coefficient (Wildman–Crippen LogP) is 2.84. The Morgan fingerprint density at radius 3 is 2.29 bits per heavy atom. The van der Waals surface area contributed by atoms with Gasteiger partial charge in [-0.05, 0) is 51.2 Å². The van der Waals surface area contributed by atoms with E-state index in [-0.39, 0.29) is 30.1 Å². The summed E-state index contributed by atoms with van der Waals surface area (Å²) >= 11 is 0. The second kappa shape index (κ2) is 7.24. The summed E-state index contributed by atoms with van der Waals surface area (Å²) < 4.78 is 24.8. The molecule has 4 aliphatic rings. The molecule has 0 bridgehead atoms. The van der Waals surface area contributed by atoms with Gasteiger partial charge in [0, 0.05) is 16.7 Å². The van der Waals surface area contributed by atoms with Gasteiger partial charge in [0.25, 0.3) is 0 Å². The number of aliphatic hydroxyl groups is 2. The van der Waals surface area contributed by atoms with Gasteiger partial charge in [-0.15, -0.1) is 0 Å². The van der Waals surface area contributed by atoms with Gasteiger partial charge in [0.1, 0.15) is 6.61 Å². The average molecular weight is 457 g/mol. The number of esters is 1. The molecule has 31 heavy (non-hydrogen) atoms. The zero-order valence-corrected chi connectivity index (χ0v) is 21.1. The van der Waals surface area contributed by atoms with Crippen molar-refractivity contribution in [2.75, 3.05) is 19.8 Å². The van der Waals surface area contributed by atoms with Gasteiger partial charge in [-0.25, -0.2) is 0 Å². The first kappa shape index (κ1) is 23.6. The molecule has 2 saturated heterocycles. The number of hydrogen-bond acceptors (Lipinski definition) is 7. The van der Waals surface area contributed by atoms with Gasteiger partial charge in [0.05, 0.1) is 37.4 Å². The molecule has 0 radical (unpaired) electrons. The van der Waals surface area contributed by atoms with E-state index in [4.69, 9.17) is 18.6 Å². The molecule has 178 valence electrons. The second-order valence-electron chi connectivity index (χ2n) is 12.3. The fourth-order valence-corrected chi connectivity index (χ4v) is 7.60. The lowest BCUT2D eigenvalue weighted by Gasteiger charge is -2.63. The van der Waals surface area contributed by atoms with Crippen molar-refractivity contribution < 1.29 is 33.6 Å². The first-order valence-corrected chi connectivity index (χ1v) is 14.5. The minimum Gasteiger partial charge on any atom is -0.465 e. The van der Waals surface area contributed by atoms with Crippen LogP contribution in [-0.2, 0) is 23.4 Å². The van der Waals surface area contributed by atoms with Crippen LogP contribution in [0.15, 0.2) is 0 Å². The summed E-state index contributed by atoms with van der Waals surface area (Å²) in [5.41, 5.74) is -1.17. The molecular formula is C23H40O7Si. The summed E-state index contributed by atoms with van der Waals surface area (Å²) in [4.78, 5) is 12.9. The molecule has 0 aromatic rings. The van der Waals surface area contributed by atoms with Crippen molar-refractivity contribution in [3.8, 4) is 0 Å². The van der Waals surface area contributed by atoms with Gasteiger partial charge in [-0.2, -0.15) is 0 Å². The number of fused-ring (bicyclic) bond motifs is 1. The number of carbonyl (C=O) groups is 1. The highest BCUT2D eigenvalue weighted by molar-refractivity contribution is 6.74. The van der Waals surface area contributed by atoms with Crippen LogP contribution in [0.4, 0.5) is 0 Å². The van der Waals surface area contributed by atoms with Crippen LogP contribution in [0.25, 0.3) is 0 Å². The lowest BCUT2D eigenvalue weighted by Crippen LogP contribution is -2.71. The van der Waals surface area contributed by atoms with E-state index < -0.39 is 49.0 Å². The summed E-state index contributed by atoms with van der Waals surface area (Å²) in [6.45, 7) is 15.9. The molecular weight excluding hydrogens is 416 g/mol. The smallest absolute Gasteiger partial charge is 0.309 e. The molecule has 2 saturated carbocycles. The minimum atomic E-state index is -2.15. The molecule has 4 fully saturated rings. The van der Waals surface area contributed by atoms with Gasteiger partial charge in [-0.3, -0.25) is 4.79 Å². The van der Waals surface area contributed by atoms with E-state index in [1.807, 2.05) is 13.8 Å². The summed E-state index contributed by atoms with van der Waals surface area (Å²) in [5, 5.41) is 22.1. The van der Waals surface area contributed by atoms with Crippen molar-refractivity contribution in [3.63, 3.8) is 0 Å². The maximum Gasteiger partial charge on any atom is 0.309 e. The van der Waals surface area contributed by atoms with Crippen molar-refractivity contribution in [1.82, 2.24) is 0 Å². The molecule has 2 aliphatic heterocycles. The maximum absolute atomic E-state index is 12.9. The second-order valence-corrected chi connectivity index (χ2v) is 17.0. The van der Waals surface area contributed by atoms with Crippen LogP contribution in [0.2, 0.25) is 18.1 Å². The SMILES string of the molecule is CC1(C)OCC2(CC[C@@H](O[Si](C)(C)C(C)(C)C)[C@]34COC(=O)[C@H]3C[C@H](O)[C@H](O)[C@@H]24)CO1. The fourth-order valence-electron chi connectivity index (χ4n) is 6.20. The van der Waals surface area contributed by atoms with Crippen LogP contribution in [0, 0.1) is 22.7 Å². The third-order valence-corrected chi connectivity index (χ3v) is 13.5. The number of rotatable bonds is 2. The highest BCUT2D eigenvalue weighted by atomic mass is 28.4. The number of carbonyl (C=O) groups excluding carboxylic acids is 1. The highest BCUT2D eigenvalue weighted by Crippen LogP contribution is 2.65. The van der Waals surface area contributed by atoms with Crippen molar-refractivity contribution >= 4 is 14.3 Å². The Bertz CT molecular complexity index is 720. The number of aliphatic hydroxyl groups excluding tert-OH is 2. The van der Waals surface area contributed by atoms with E-state index in [1.165, 1.54) is 0 Å². The Morgan fingerprint density at radius 2 is 1.71 bits per heavy atom. The van der Waals surface area contributed by atoms with E-state index in [9.17, 15) is 15.0 Å². The molecule has 2 heterocycles. The topological polar surface area (TPSA) is 94.5 Å². The quantitative estimate of drug-likeness (QED) is 0.487. The Balaban J connectivity index is 1.78. The summed E-state index contributed by atoms with van der Waals surface area (Å²) in [6.07, 6.45) is -0.460. The van der Waals surface area contributed by atoms with Gasteiger partial charge in [-0.1, -0.05) is 20.8 Å². The zero-order chi connectivity index (χ0) is 23.0. The molecule has 0 amide bonds. The van der Waals surface area contributed by atoms with Crippen LogP contribution in [0.3, 0.4) is 0 Å². The molecule has 7 nitrogen and oxygen atoms in total. The lowest BCUT2D eigenvalue weighted by atomic mass is 9.45. The van der Waals surface area contributed by atoms with Crippen molar-refractivity contribution in [3.05, 3.63) is 0 Å². The predicted molar refractivity (Wildman–Crippen MR) is 117 cm³/mol. The molecule has 2 N–H and O–H groups in total. The van der Waals surface area contributed by atoms with Crippen LogP contribution < -0.4 is 0 Å². The maximum atomic E-state index is 12.9. The van der Waals surface area contributed by atoms with Crippen LogP contribution in [0.5, 0.6) is 0 Å². The molecule has 0 aromatic carbocycles. The summed E-state index contributed by atoms with van der Waals surface area (Å²) in [5.74, 6) is -1.86. The average Bonchev–Trinajstić information content (AvgIpc) is 2.97. The third kappa shape index (κ3) is 3.53. The Hall–Kier alpha value is -0.513. The van der Waals surface area contributed by atoms with Gasteiger partial charge in [0.2, 0.25) is 0 Å². The highest BCUT2D eigenvalue weighted by Gasteiger charge is 2.72. The molecule has 0 aromatic heterocycles. The van der Waals surface area contributed by atoms with Crippen LogP contribution >= 0.6 is 0 Å². The number of ether oxygens (including phenoxy) is 3. The molecule has 2 aliphatic carbocycles. The molecule has 2 spiro atoms. The van der Waals surface area contributed by atoms with Crippen LogP contribution in [-0.4, -0.2) is 68.4 Å². The lowest BCUT2D eigenvalue weighted by molar-refractivity contribution is -0.330. The van der Waals surface area contributed by atoms with Gasteiger partial charge >= 0.3 is 5.97 Å².